The van der Waals surface area contributed by atoms with Crippen LogP contribution in [0.5, 0.6) is 0 Å². The second-order valence-corrected chi connectivity index (χ2v) is 4.69. The zero-order chi connectivity index (χ0) is 11.5. The van der Waals surface area contributed by atoms with Crippen molar-refractivity contribution in [1.29, 1.82) is 0 Å². The summed E-state index contributed by atoms with van der Waals surface area (Å²) in [6.45, 7) is 3.05. The summed E-state index contributed by atoms with van der Waals surface area (Å²) in [6, 6.07) is 0.279. The summed E-state index contributed by atoms with van der Waals surface area (Å²) in [6.07, 6.45) is 6.49. The first-order valence-corrected chi connectivity index (χ1v) is 6.78. The lowest BCUT2D eigenvalue weighted by Crippen LogP contribution is -2.31. The van der Waals surface area contributed by atoms with Gasteiger partial charge >= 0.3 is 0 Å². The van der Waals surface area contributed by atoms with Gasteiger partial charge in [-0.15, -0.1) is 0 Å². The van der Waals surface area contributed by atoms with Gasteiger partial charge < -0.3 is 16.3 Å². The molecular weight excluding hydrogens is 210 g/mol. The number of hydrogen-bond acceptors (Lipinski definition) is 4. The predicted molar refractivity (Wildman–Crippen MR) is 67.7 cm³/mol. The van der Waals surface area contributed by atoms with Crippen molar-refractivity contribution in [3.05, 3.63) is 0 Å². The summed E-state index contributed by atoms with van der Waals surface area (Å²) < 4.78 is 0. The molecule has 15 heavy (non-hydrogen) atoms. The maximum atomic E-state index is 8.39. The monoisotopic (exact) mass is 233 g/mol. The number of amidine groups is 1. The van der Waals surface area contributed by atoms with E-state index in [9.17, 15) is 0 Å². The minimum absolute atomic E-state index is 0.279. The molecule has 4 nitrogen and oxygen atoms in total. The largest absolute Gasteiger partial charge is 0.409 e. The van der Waals surface area contributed by atoms with Crippen molar-refractivity contribution in [2.45, 2.75) is 38.6 Å². The summed E-state index contributed by atoms with van der Waals surface area (Å²) in [5, 5.41) is 14.7. The van der Waals surface area contributed by atoms with Crippen molar-refractivity contribution < 1.29 is 5.21 Å². The molecule has 0 saturated carbocycles. The molecule has 0 aliphatic carbocycles. The Morgan fingerprint density at radius 1 is 1.47 bits per heavy atom. The molecule has 0 aliphatic heterocycles. The van der Waals surface area contributed by atoms with Gasteiger partial charge in [-0.2, -0.15) is 11.8 Å². The first kappa shape index (κ1) is 14.6. The average Bonchev–Trinajstić information content (AvgIpc) is 2.23. The second-order valence-electron chi connectivity index (χ2n) is 3.70. The molecule has 4 N–H and O–H groups in total. The number of rotatable bonds is 9. The normalized spacial score (nSPS) is 14.1. The van der Waals surface area contributed by atoms with Crippen molar-refractivity contribution in [1.82, 2.24) is 5.32 Å². The van der Waals surface area contributed by atoms with Gasteiger partial charge in [-0.3, -0.25) is 0 Å². The molecule has 0 spiro atoms. The van der Waals surface area contributed by atoms with E-state index in [0.717, 1.165) is 6.54 Å². The lowest BCUT2D eigenvalue weighted by molar-refractivity contribution is 0.316. The third-order valence-electron chi connectivity index (χ3n) is 2.16. The quantitative estimate of drug-likeness (QED) is 0.186. The molecule has 5 heteroatoms. The van der Waals surface area contributed by atoms with Crippen molar-refractivity contribution in [3.63, 3.8) is 0 Å². The fourth-order valence-corrected chi connectivity index (χ4v) is 1.82. The minimum Gasteiger partial charge on any atom is -0.409 e. The standard InChI is InChI=1S/C10H23N3OS/c1-9(8-10(11)13-14)12-6-4-3-5-7-15-2/h9,12,14H,3-8H2,1-2H3,(H2,11,13). The molecule has 0 amide bonds. The van der Waals surface area contributed by atoms with Crippen LogP contribution in [0.15, 0.2) is 5.16 Å². The van der Waals surface area contributed by atoms with Crippen LogP contribution in [0.3, 0.4) is 0 Å². The Kier molecular flexibility index (Phi) is 9.83. The fraction of sp³-hybridized carbons (Fsp3) is 0.900. The lowest BCUT2D eigenvalue weighted by atomic mass is 10.2. The topological polar surface area (TPSA) is 70.6 Å². The second kappa shape index (κ2) is 10.1. The van der Waals surface area contributed by atoms with Crippen LogP contribution in [-0.2, 0) is 0 Å². The number of thioether (sulfide) groups is 1. The highest BCUT2D eigenvalue weighted by Crippen LogP contribution is 2.01. The van der Waals surface area contributed by atoms with Gasteiger partial charge in [0.2, 0.25) is 0 Å². The number of nitrogens with one attached hydrogen (secondary N) is 1. The third kappa shape index (κ3) is 9.87. The Balaban J connectivity index is 3.27. The zero-order valence-corrected chi connectivity index (χ0v) is 10.5. The van der Waals surface area contributed by atoms with Crippen molar-refractivity contribution >= 4 is 17.6 Å². The van der Waals surface area contributed by atoms with E-state index < -0.39 is 0 Å². The van der Waals surface area contributed by atoms with E-state index in [-0.39, 0.29) is 11.9 Å². The molecule has 90 valence electrons. The molecule has 0 aliphatic rings. The van der Waals surface area contributed by atoms with E-state index in [1.807, 2.05) is 18.7 Å². The van der Waals surface area contributed by atoms with Gasteiger partial charge in [0.15, 0.2) is 0 Å². The first-order valence-electron chi connectivity index (χ1n) is 5.39. The molecule has 0 rings (SSSR count). The molecular formula is C10H23N3OS. The van der Waals surface area contributed by atoms with Crippen molar-refractivity contribution in [2.24, 2.45) is 10.9 Å². The lowest BCUT2D eigenvalue weighted by Gasteiger charge is -2.12. The first-order chi connectivity index (χ1) is 7.20. The van der Waals surface area contributed by atoms with E-state index in [4.69, 9.17) is 10.9 Å². The molecule has 0 aromatic rings. The number of hydrogen-bond donors (Lipinski definition) is 3. The predicted octanol–water partition coefficient (Wildman–Crippen LogP) is 1.63. The Morgan fingerprint density at radius 3 is 2.80 bits per heavy atom. The highest BCUT2D eigenvalue weighted by molar-refractivity contribution is 7.98. The Hall–Kier alpha value is -0.420. The SMILES string of the molecule is CSCCCCCNC(C)CC(N)=NO. The summed E-state index contributed by atoms with van der Waals surface area (Å²) in [4.78, 5) is 0. The van der Waals surface area contributed by atoms with Gasteiger partial charge in [-0.1, -0.05) is 11.6 Å². The van der Waals surface area contributed by atoms with Gasteiger partial charge in [0.1, 0.15) is 5.84 Å². The van der Waals surface area contributed by atoms with Crippen LogP contribution in [0.2, 0.25) is 0 Å². The van der Waals surface area contributed by atoms with Crippen molar-refractivity contribution in [3.8, 4) is 0 Å². The highest BCUT2D eigenvalue weighted by Gasteiger charge is 2.03. The molecule has 0 saturated heterocycles. The van der Waals surface area contributed by atoms with E-state index in [1.54, 1.807) is 0 Å². The Labute approximate surface area is 96.7 Å². The van der Waals surface area contributed by atoms with E-state index in [1.165, 1.54) is 25.0 Å². The third-order valence-corrected chi connectivity index (χ3v) is 2.86. The maximum Gasteiger partial charge on any atom is 0.140 e. The molecule has 0 radical (unpaired) electrons. The van der Waals surface area contributed by atoms with E-state index in [0.29, 0.717) is 6.42 Å². The van der Waals surface area contributed by atoms with Crippen LogP contribution in [0.1, 0.15) is 32.6 Å². The van der Waals surface area contributed by atoms with E-state index in [2.05, 4.69) is 16.7 Å². The van der Waals surface area contributed by atoms with Crippen LogP contribution in [0.4, 0.5) is 0 Å². The maximum absolute atomic E-state index is 8.39. The number of oxime groups is 1. The van der Waals surface area contributed by atoms with Gasteiger partial charge in [0.25, 0.3) is 0 Å². The number of nitrogens with zero attached hydrogens (tertiary/aromatic N) is 1. The summed E-state index contributed by atoms with van der Waals surface area (Å²) in [7, 11) is 0. The molecule has 1 unspecified atom stereocenters. The number of unbranched alkanes of at least 4 members (excludes halogenated alkanes) is 2. The summed E-state index contributed by atoms with van der Waals surface area (Å²) in [5.41, 5.74) is 5.40. The van der Waals surface area contributed by atoms with Gasteiger partial charge in [0.05, 0.1) is 0 Å². The smallest absolute Gasteiger partial charge is 0.140 e. The zero-order valence-electron chi connectivity index (χ0n) is 9.70. The molecule has 0 aromatic heterocycles. The minimum atomic E-state index is 0.279. The Morgan fingerprint density at radius 2 is 2.20 bits per heavy atom. The van der Waals surface area contributed by atoms with Gasteiger partial charge in [-0.05, 0) is 38.3 Å². The fourth-order valence-electron chi connectivity index (χ4n) is 1.32. The van der Waals surface area contributed by atoms with Crippen LogP contribution < -0.4 is 11.1 Å². The molecule has 1 atom stereocenters. The molecule has 0 heterocycles. The van der Waals surface area contributed by atoms with Crippen LogP contribution >= 0.6 is 11.8 Å². The Bertz CT molecular complexity index is 176. The van der Waals surface area contributed by atoms with E-state index >= 15 is 0 Å². The van der Waals surface area contributed by atoms with Crippen LogP contribution in [-0.4, -0.2) is 35.6 Å². The number of nitrogens with two attached hydrogens (primary N) is 1. The molecule has 0 fully saturated rings. The average molecular weight is 233 g/mol. The van der Waals surface area contributed by atoms with Gasteiger partial charge in [0, 0.05) is 12.5 Å². The molecule has 0 bridgehead atoms. The summed E-state index contributed by atoms with van der Waals surface area (Å²) in [5.74, 6) is 1.54. The van der Waals surface area contributed by atoms with Crippen molar-refractivity contribution in [2.75, 3.05) is 18.6 Å². The van der Waals surface area contributed by atoms with Gasteiger partial charge in [-0.25, -0.2) is 0 Å². The summed E-state index contributed by atoms with van der Waals surface area (Å²) >= 11 is 1.90. The van der Waals surface area contributed by atoms with Crippen LogP contribution in [0, 0.1) is 0 Å². The van der Waals surface area contributed by atoms with Crippen LogP contribution in [0.25, 0.3) is 0 Å². The highest BCUT2D eigenvalue weighted by atomic mass is 32.2. The molecule has 0 aromatic carbocycles.